The molecule has 0 aliphatic heterocycles. The van der Waals surface area contributed by atoms with Crippen molar-refractivity contribution in [3.05, 3.63) is 29.8 Å². The molecule has 0 amide bonds. The van der Waals surface area contributed by atoms with Crippen LogP contribution in [0.25, 0.3) is 0 Å². The zero-order valence-corrected chi connectivity index (χ0v) is 13.0. The van der Waals surface area contributed by atoms with Crippen LogP contribution >= 0.6 is 0 Å². The molecule has 0 aliphatic rings. The maximum absolute atomic E-state index is 11.0. The summed E-state index contributed by atoms with van der Waals surface area (Å²) in [5.41, 5.74) is -0.0801. The van der Waals surface area contributed by atoms with Crippen molar-refractivity contribution in [2.24, 2.45) is 0 Å². The van der Waals surface area contributed by atoms with E-state index < -0.39 is 11.4 Å². The van der Waals surface area contributed by atoms with Crippen LogP contribution in [0, 0.1) is 0 Å². The van der Waals surface area contributed by atoms with Crippen LogP contribution in [-0.2, 0) is 29.7 Å². The quantitative estimate of drug-likeness (QED) is 0.857. The minimum atomic E-state index is -0.856. The van der Waals surface area contributed by atoms with E-state index in [1.54, 1.807) is 38.1 Å². The van der Waals surface area contributed by atoms with Crippen LogP contribution < -0.4 is 4.74 Å². The van der Waals surface area contributed by atoms with Crippen molar-refractivity contribution in [3.8, 4) is 5.75 Å². The zero-order valence-electron chi connectivity index (χ0n) is 9.99. The Morgan fingerprint density at radius 2 is 1.81 bits per heavy atom. The van der Waals surface area contributed by atoms with Gasteiger partial charge in [-0.05, 0) is 38.5 Å². The third-order valence-electron chi connectivity index (χ3n) is 2.42. The average Bonchev–Trinajstić information content (AvgIpc) is 2.19. The number of ether oxygens (including phenoxy) is 1. The van der Waals surface area contributed by atoms with Crippen LogP contribution in [-0.4, -0.2) is 17.7 Å². The summed E-state index contributed by atoms with van der Waals surface area (Å²) in [7, 11) is 0. The Morgan fingerprint density at radius 3 is 2.19 bits per heavy atom. The van der Waals surface area contributed by atoms with Gasteiger partial charge in [-0.3, -0.25) is 4.79 Å². The predicted octanol–water partition coefficient (Wildman–Crippen LogP) is 2.45. The van der Waals surface area contributed by atoms with Gasteiger partial charge < -0.3 is 9.84 Å². The van der Waals surface area contributed by atoms with E-state index in [0.29, 0.717) is 6.61 Å². The minimum absolute atomic E-state index is 0. The van der Waals surface area contributed by atoms with Gasteiger partial charge in [0, 0.05) is 19.5 Å². The molecule has 1 N–H and O–H groups in total. The molecule has 1 aromatic rings. The summed E-state index contributed by atoms with van der Waals surface area (Å²) < 4.78 is 5.29. The Bertz CT molecular complexity index is 344. The summed E-state index contributed by atoms with van der Waals surface area (Å²) in [4.78, 5) is 11.0. The van der Waals surface area contributed by atoms with Gasteiger partial charge in [0.25, 0.3) is 0 Å². The standard InChI is InChI=1S/C12H16O3.Zn/c1-4-15-10-7-5-9(6-8-10)12(2,3)11(13)14;/h5-8H,4H2,1-3H3,(H,13,14);. The fourth-order valence-electron chi connectivity index (χ4n) is 1.26. The van der Waals surface area contributed by atoms with Gasteiger partial charge in [0.05, 0.1) is 12.0 Å². The number of carboxylic acid groups (broad SMARTS) is 1. The molecule has 3 nitrogen and oxygen atoms in total. The van der Waals surface area contributed by atoms with Gasteiger partial charge in [0.15, 0.2) is 0 Å². The first-order chi connectivity index (χ1) is 6.98. The van der Waals surface area contributed by atoms with E-state index in [4.69, 9.17) is 9.84 Å². The van der Waals surface area contributed by atoms with Crippen LogP contribution in [0.4, 0.5) is 0 Å². The van der Waals surface area contributed by atoms with E-state index in [1.807, 2.05) is 6.92 Å². The number of aliphatic carboxylic acids is 1. The van der Waals surface area contributed by atoms with Crippen molar-refractivity contribution in [1.29, 1.82) is 0 Å². The van der Waals surface area contributed by atoms with E-state index in [-0.39, 0.29) is 19.5 Å². The summed E-state index contributed by atoms with van der Waals surface area (Å²) in [5.74, 6) is -0.0610. The molecule has 0 saturated heterocycles. The predicted molar refractivity (Wildman–Crippen MR) is 58.3 cm³/mol. The molecule has 16 heavy (non-hydrogen) atoms. The second-order valence-corrected chi connectivity index (χ2v) is 3.89. The Kier molecular flexibility index (Phi) is 5.67. The topological polar surface area (TPSA) is 46.5 Å². The molecule has 0 radical (unpaired) electrons. The number of benzene rings is 1. The van der Waals surface area contributed by atoms with E-state index in [0.717, 1.165) is 11.3 Å². The monoisotopic (exact) mass is 272 g/mol. The van der Waals surface area contributed by atoms with Crippen LogP contribution in [0.1, 0.15) is 26.3 Å². The first kappa shape index (κ1) is 15.1. The normalized spacial score (nSPS) is 10.4. The molecule has 0 saturated carbocycles. The third kappa shape index (κ3) is 3.31. The molecule has 0 unspecified atom stereocenters. The molecule has 0 bridgehead atoms. The van der Waals surface area contributed by atoms with Crippen LogP contribution in [0.3, 0.4) is 0 Å². The Labute approximate surface area is 109 Å². The molecule has 0 fully saturated rings. The van der Waals surface area contributed by atoms with Gasteiger partial charge in [0.1, 0.15) is 5.75 Å². The number of hydrogen-bond acceptors (Lipinski definition) is 2. The second-order valence-electron chi connectivity index (χ2n) is 3.89. The summed E-state index contributed by atoms with van der Waals surface area (Å²) in [6.45, 7) is 5.90. The second kappa shape index (κ2) is 6.00. The van der Waals surface area contributed by atoms with Gasteiger partial charge in [0.2, 0.25) is 0 Å². The van der Waals surface area contributed by atoms with E-state index in [1.165, 1.54) is 0 Å². The molecule has 4 heteroatoms. The molecule has 0 aromatic heterocycles. The van der Waals surface area contributed by atoms with Crippen LogP contribution in [0.5, 0.6) is 5.75 Å². The number of carboxylic acids is 1. The Balaban J connectivity index is 0.00000225. The number of hydrogen-bond donors (Lipinski definition) is 1. The minimum Gasteiger partial charge on any atom is -0.494 e. The summed E-state index contributed by atoms with van der Waals surface area (Å²) in [5, 5.41) is 9.04. The fourth-order valence-corrected chi connectivity index (χ4v) is 1.26. The summed E-state index contributed by atoms with van der Waals surface area (Å²) >= 11 is 0. The van der Waals surface area contributed by atoms with E-state index in [2.05, 4.69) is 0 Å². The third-order valence-corrected chi connectivity index (χ3v) is 2.42. The van der Waals surface area contributed by atoms with Crippen LogP contribution in [0.15, 0.2) is 24.3 Å². The van der Waals surface area contributed by atoms with Crippen molar-refractivity contribution in [2.75, 3.05) is 6.61 Å². The first-order valence-corrected chi connectivity index (χ1v) is 4.95. The summed E-state index contributed by atoms with van der Waals surface area (Å²) in [6.07, 6.45) is 0. The van der Waals surface area contributed by atoms with E-state index in [9.17, 15) is 4.79 Å². The molecule has 0 heterocycles. The van der Waals surface area contributed by atoms with Gasteiger partial charge in [-0.15, -0.1) is 0 Å². The molecule has 0 aliphatic carbocycles. The van der Waals surface area contributed by atoms with Crippen molar-refractivity contribution in [3.63, 3.8) is 0 Å². The molecular weight excluding hydrogens is 258 g/mol. The number of rotatable bonds is 4. The maximum Gasteiger partial charge on any atom is 0.313 e. The molecule has 1 rings (SSSR count). The van der Waals surface area contributed by atoms with Gasteiger partial charge >= 0.3 is 5.97 Å². The van der Waals surface area contributed by atoms with Crippen molar-refractivity contribution in [2.45, 2.75) is 26.2 Å². The van der Waals surface area contributed by atoms with Crippen LogP contribution in [0.2, 0.25) is 0 Å². The molecular formula is C12H16O3Zn. The van der Waals surface area contributed by atoms with Gasteiger partial charge in [-0.25, -0.2) is 0 Å². The fraction of sp³-hybridized carbons (Fsp3) is 0.417. The maximum atomic E-state index is 11.0. The number of carbonyl (C=O) groups is 1. The van der Waals surface area contributed by atoms with E-state index >= 15 is 0 Å². The first-order valence-electron chi connectivity index (χ1n) is 4.95. The summed E-state index contributed by atoms with van der Waals surface area (Å²) in [6, 6.07) is 7.17. The smallest absolute Gasteiger partial charge is 0.313 e. The SMILES string of the molecule is CCOc1ccc(C(C)(C)C(=O)O)cc1.[Zn]. The van der Waals surface area contributed by atoms with Crippen molar-refractivity contribution >= 4 is 5.97 Å². The Morgan fingerprint density at radius 1 is 1.31 bits per heavy atom. The molecule has 0 atom stereocenters. The van der Waals surface area contributed by atoms with Gasteiger partial charge in [-0.2, -0.15) is 0 Å². The Hall–Kier alpha value is -0.887. The molecule has 1 aromatic carbocycles. The van der Waals surface area contributed by atoms with Crippen molar-refractivity contribution in [1.82, 2.24) is 0 Å². The molecule has 84 valence electrons. The van der Waals surface area contributed by atoms with Gasteiger partial charge in [-0.1, -0.05) is 12.1 Å². The zero-order chi connectivity index (χ0) is 11.5. The van der Waals surface area contributed by atoms with Crippen molar-refractivity contribution < 1.29 is 34.1 Å². The largest absolute Gasteiger partial charge is 0.494 e. The average molecular weight is 274 g/mol. The molecule has 0 spiro atoms.